The van der Waals surface area contributed by atoms with Gasteiger partial charge in [-0.05, 0) is 69.6 Å². The van der Waals surface area contributed by atoms with Crippen molar-refractivity contribution in [3.63, 3.8) is 0 Å². The molecule has 156 valence electrons. The highest BCUT2D eigenvalue weighted by Crippen LogP contribution is 2.57. The Morgan fingerprint density at radius 3 is 2.54 bits per heavy atom. The van der Waals surface area contributed by atoms with E-state index in [4.69, 9.17) is 4.74 Å². The monoisotopic (exact) mass is 389 g/mol. The lowest BCUT2D eigenvalue weighted by Gasteiger charge is -2.49. The Morgan fingerprint density at radius 2 is 1.86 bits per heavy atom. The van der Waals surface area contributed by atoms with Gasteiger partial charge >= 0.3 is 6.09 Å². The summed E-state index contributed by atoms with van der Waals surface area (Å²) in [5.74, 6) is 1.99. The smallest absolute Gasteiger partial charge is 0.409 e. The minimum Gasteiger partial charge on any atom is -0.450 e. The van der Waals surface area contributed by atoms with Gasteiger partial charge in [0.1, 0.15) is 0 Å². The number of piperidine rings is 2. The number of ether oxygens (including phenoxy) is 1. The second-order valence-corrected chi connectivity index (χ2v) is 10.1. The molecule has 6 nitrogen and oxygen atoms in total. The second kappa shape index (κ2) is 6.89. The third-order valence-corrected chi connectivity index (χ3v) is 8.41. The standard InChI is InChI=1S/C22H35N3O3/c1-3-28-21(27)23-9-7-22(14-23)10-16(11-22)24-12-17-18(13-24)19(17)20(26)25-8-5-4-6-15(25)2/h15-19H,3-14H2,1-2H3/t15-,16?,17-,18+,19+,22?/m0/s1. The van der Waals surface area contributed by atoms with Crippen LogP contribution in [0.25, 0.3) is 0 Å². The van der Waals surface area contributed by atoms with Gasteiger partial charge in [0.2, 0.25) is 5.91 Å². The molecule has 3 saturated heterocycles. The first kappa shape index (κ1) is 18.7. The van der Waals surface area contributed by atoms with Gasteiger partial charge in [-0.2, -0.15) is 0 Å². The van der Waals surface area contributed by atoms with Crippen molar-refractivity contribution in [2.75, 3.05) is 39.3 Å². The predicted molar refractivity (Wildman–Crippen MR) is 106 cm³/mol. The number of fused-ring (bicyclic) bond motifs is 1. The average Bonchev–Trinajstić information content (AvgIpc) is 3.00. The Kier molecular flexibility index (Phi) is 4.61. The van der Waals surface area contributed by atoms with Crippen molar-refractivity contribution in [1.82, 2.24) is 14.7 Å². The van der Waals surface area contributed by atoms with Crippen LogP contribution in [-0.2, 0) is 9.53 Å². The highest BCUT2D eigenvalue weighted by molar-refractivity contribution is 5.83. The van der Waals surface area contributed by atoms with E-state index >= 15 is 0 Å². The molecule has 4 atom stereocenters. The van der Waals surface area contributed by atoms with Gasteiger partial charge in [-0.15, -0.1) is 0 Å². The van der Waals surface area contributed by atoms with Gasteiger partial charge in [-0.25, -0.2) is 4.79 Å². The summed E-state index contributed by atoms with van der Waals surface area (Å²) in [6.07, 6.45) is 7.03. The normalized spacial score (nSPS) is 42.4. The zero-order valence-corrected chi connectivity index (χ0v) is 17.4. The molecule has 2 aliphatic carbocycles. The van der Waals surface area contributed by atoms with Crippen molar-refractivity contribution in [1.29, 1.82) is 0 Å². The third-order valence-electron chi connectivity index (χ3n) is 8.41. The van der Waals surface area contributed by atoms with Gasteiger partial charge in [0.15, 0.2) is 0 Å². The molecule has 0 unspecified atom stereocenters. The molecule has 3 aliphatic heterocycles. The first-order valence-corrected chi connectivity index (χ1v) is 11.5. The molecule has 3 heterocycles. The highest BCUT2D eigenvalue weighted by atomic mass is 16.6. The number of hydrogen-bond donors (Lipinski definition) is 0. The van der Waals surface area contributed by atoms with E-state index in [2.05, 4.69) is 16.7 Å². The Morgan fingerprint density at radius 1 is 1.11 bits per heavy atom. The summed E-state index contributed by atoms with van der Waals surface area (Å²) in [6.45, 7) is 9.47. The summed E-state index contributed by atoms with van der Waals surface area (Å²) in [4.78, 5) is 31.7. The van der Waals surface area contributed by atoms with Gasteiger partial charge in [0.05, 0.1) is 6.61 Å². The van der Waals surface area contributed by atoms with Crippen molar-refractivity contribution < 1.29 is 14.3 Å². The van der Waals surface area contributed by atoms with E-state index in [-0.39, 0.29) is 6.09 Å². The number of hydrogen-bond acceptors (Lipinski definition) is 4. The molecule has 0 bridgehead atoms. The zero-order chi connectivity index (χ0) is 19.5. The van der Waals surface area contributed by atoms with Crippen LogP contribution in [-0.4, -0.2) is 78.1 Å². The Balaban J connectivity index is 1.09. The fraction of sp³-hybridized carbons (Fsp3) is 0.909. The molecule has 28 heavy (non-hydrogen) atoms. The molecular formula is C22H35N3O3. The number of nitrogens with zero attached hydrogens (tertiary/aromatic N) is 3. The summed E-state index contributed by atoms with van der Waals surface area (Å²) in [5.41, 5.74) is 0.336. The third kappa shape index (κ3) is 3.03. The number of carbonyl (C=O) groups excluding carboxylic acids is 2. The highest BCUT2D eigenvalue weighted by Gasteiger charge is 2.63. The van der Waals surface area contributed by atoms with E-state index in [1.807, 2.05) is 11.8 Å². The SMILES string of the molecule is CCOC(=O)N1CCC2(CC(N3C[C@@H]4[C@H](C3)[C@H]4C(=O)N3CCCC[C@@H]3C)C2)C1. The molecule has 0 aromatic heterocycles. The molecule has 0 aromatic rings. The van der Waals surface area contributed by atoms with E-state index in [0.717, 1.165) is 39.1 Å². The molecular weight excluding hydrogens is 354 g/mol. The van der Waals surface area contributed by atoms with Gasteiger partial charge in [-0.1, -0.05) is 0 Å². The summed E-state index contributed by atoms with van der Waals surface area (Å²) >= 11 is 0. The summed E-state index contributed by atoms with van der Waals surface area (Å²) in [7, 11) is 0. The van der Waals surface area contributed by atoms with Crippen molar-refractivity contribution in [3.05, 3.63) is 0 Å². The molecule has 0 aromatic carbocycles. The van der Waals surface area contributed by atoms with Crippen LogP contribution in [0.15, 0.2) is 0 Å². The van der Waals surface area contributed by atoms with Crippen molar-refractivity contribution in [2.45, 2.75) is 64.5 Å². The fourth-order valence-corrected chi connectivity index (χ4v) is 6.68. The molecule has 1 spiro atoms. The minimum absolute atomic E-state index is 0.140. The van der Waals surface area contributed by atoms with Crippen LogP contribution in [0, 0.1) is 23.2 Å². The van der Waals surface area contributed by atoms with Crippen molar-refractivity contribution in [3.8, 4) is 0 Å². The molecule has 6 heteroatoms. The molecule has 0 radical (unpaired) electrons. The molecule has 5 aliphatic rings. The number of likely N-dealkylation sites (tertiary alicyclic amines) is 3. The lowest BCUT2D eigenvalue weighted by atomic mass is 9.64. The minimum atomic E-state index is -0.140. The van der Waals surface area contributed by atoms with Crippen LogP contribution < -0.4 is 0 Å². The topological polar surface area (TPSA) is 53.1 Å². The zero-order valence-electron chi connectivity index (χ0n) is 17.4. The van der Waals surface area contributed by atoms with E-state index in [1.165, 1.54) is 32.1 Å². The van der Waals surface area contributed by atoms with Gasteiger partial charge in [0.25, 0.3) is 0 Å². The van der Waals surface area contributed by atoms with Crippen molar-refractivity contribution in [2.24, 2.45) is 23.2 Å². The van der Waals surface area contributed by atoms with Crippen LogP contribution in [0.2, 0.25) is 0 Å². The summed E-state index contributed by atoms with van der Waals surface area (Å²) in [5, 5.41) is 0. The quantitative estimate of drug-likeness (QED) is 0.744. The van der Waals surface area contributed by atoms with Crippen molar-refractivity contribution >= 4 is 12.0 Å². The van der Waals surface area contributed by atoms with E-state index < -0.39 is 0 Å². The fourth-order valence-electron chi connectivity index (χ4n) is 6.68. The molecule has 2 saturated carbocycles. The van der Waals surface area contributed by atoms with Gasteiger partial charge in [-0.3, -0.25) is 9.69 Å². The van der Waals surface area contributed by atoms with Crippen LogP contribution >= 0.6 is 0 Å². The Labute approximate surface area is 168 Å². The predicted octanol–water partition coefficient (Wildman–Crippen LogP) is 2.58. The Bertz CT molecular complexity index is 635. The van der Waals surface area contributed by atoms with Crippen LogP contribution in [0.1, 0.15) is 52.4 Å². The van der Waals surface area contributed by atoms with Gasteiger partial charge < -0.3 is 14.5 Å². The summed E-state index contributed by atoms with van der Waals surface area (Å²) in [6, 6.07) is 1.11. The number of amides is 2. The Hall–Kier alpha value is -1.30. The van der Waals surface area contributed by atoms with Crippen LogP contribution in [0.3, 0.4) is 0 Å². The van der Waals surface area contributed by atoms with Gasteiger partial charge in [0, 0.05) is 50.7 Å². The van der Waals surface area contributed by atoms with Crippen LogP contribution in [0.4, 0.5) is 4.79 Å². The van der Waals surface area contributed by atoms with Crippen LogP contribution in [0.5, 0.6) is 0 Å². The summed E-state index contributed by atoms with van der Waals surface area (Å²) < 4.78 is 5.17. The maximum absolute atomic E-state index is 13.0. The van der Waals surface area contributed by atoms with E-state index in [1.54, 1.807) is 0 Å². The lowest BCUT2D eigenvalue weighted by molar-refractivity contribution is -0.137. The second-order valence-electron chi connectivity index (χ2n) is 10.1. The lowest BCUT2D eigenvalue weighted by Crippen LogP contribution is -2.52. The number of rotatable bonds is 3. The molecule has 2 amide bonds. The van der Waals surface area contributed by atoms with E-state index in [0.29, 0.717) is 47.8 Å². The first-order valence-electron chi connectivity index (χ1n) is 11.5. The maximum Gasteiger partial charge on any atom is 0.409 e. The maximum atomic E-state index is 13.0. The largest absolute Gasteiger partial charge is 0.450 e. The van der Waals surface area contributed by atoms with E-state index in [9.17, 15) is 9.59 Å². The first-order chi connectivity index (χ1) is 13.5. The number of carbonyl (C=O) groups is 2. The molecule has 5 rings (SSSR count). The average molecular weight is 390 g/mol. The molecule has 5 fully saturated rings. The molecule has 0 N–H and O–H groups in total.